The van der Waals surface area contributed by atoms with Crippen LogP contribution in [0.1, 0.15) is 16.9 Å². The molecule has 82 valence electrons. The largest absolute Gasteiger partial charge is 0.375 e. The topological polar surface area (TPSA) is 71.2 Å². The maximum atomic E-state index is 11.7. The van der Waals surface area contributed by atoms with E-state index in [1.165, 1.54) is 11.3 Å². The number of likely N-dealkylation sites (N-methyl/N-ethyl adjacent to an activating group) is 1. The number of thiazole rings is 1. The number of aromatic nitrogens is 1. The predicted molar refractivity (Wildman–Crippen MR) is 59.9 cm³/mol. The van der Waals surface area contributed by atoms with Gasteiger partial charge in [0.1, 0.15) is 5.69 Å². The van der Waals surface area contributed by atoms with E-state index in [0.717, 1.165) is 19.5 Å². The van der Waals surface area contributed by atoms with Gasteiger partial charge >= 0.3 is 0 Å². The Balaban J connectivity index is 1.92. The molecule has 0 aromatic carbocycles. The molecule has 2 rings (SSSR count). The van der Waals surface area contributed by atoms with E-state index >= 15 is 0 Å². The number of hydrogen-bond donors (Lipinski definition) is 2. The summed E-state index contributed by atoms with van der Waals surface area (Å²) in [5, 5.41) is 5.06. The van der Waals surface area contributed by atoms with E-state index in [0.29, 0.717) is 10.8 Å². The van der Waals surface area contributed by atoms with Crippen molar-refractivity contribution in [1.29, 1.82) is 0 Å². The summed E-state index contributed by atoms with van der Waals surface area (Å²) in [6, 6.07) is 0.241. The first-order chi connectivity index (χ1) is 7.15. The summed E-state index contributed by atoms with van der Waals surface area (Å²) in [5.74, 6) is -0.122. The molecule has 0 saturated carbocycles. The third-order valence-corrected chi connectivity index (χ3v) is 3.16. The Morgan fingerprint density at radius 3 is 3.13 bits per heavy atom. The molecule has 1 saturated heterocycles. The highest BCUT2D eigenvalue weighted by molar-refractivity contribution is 7.13. The van der Waals surface area contributed by atoms with Crippen molar-refractivity contribution in [3.63, 3.8) is 0 Å². The number of amides is 1. The van der Waals surface area contributed by atoms with Gasteiger partial charge in [-0.1, -0.05) is 0 Å². The standard InChI is InChI=1S/C9H14N4OS/c1-13-3-2-6(4-13)11-8(14)7-5-15-9(10)12-7/h5-6H,2-4H2,1H3,(H2,10,12)(H,11,14). The number of rotatable bonds is 2. The third-order valence-electron chi connectivity index (χ3n) is 2.48. The van der Waals surface area contributed by atoms with Gasteiger partial charge in [-0.2, -0.15) is 0 Å². The summed E-state index contributed by atoms with van der Waals surface area (Å²) in [5.41, 5.74) is 5.89. The number of anilines is 1. The summed E-state index contributed by atoms with van der Waals surface area (Å²) < 4.78 is 0. The number of nitrogen functional groups attached to an aromatic ring is 1. The Kier molecular flexibility index (Phi) is 2.88. The summed E-state index contributed by atoms with van der Waals surface area (Å²) in [4.78, 5) is 17.8. The molecule has 15 heavy (non-hydrogen) atoms. The number of likely N-dealkylation sites (tertiary alicyclic amines) is 1. The second-order valence-corrected chi connectivity index (χ2v) is 4.68. The van der Waals surface area contributed by atoms with E-state index in [9.17, 15) is 4.79 Å². The van der Waals surface area contributed by atoms with Gasteiger partial charge in [-0.05, 0) is 20.0 Å². The molecule has 3 N–H and O–H groups in total. The van der Waals surface area contributed by atoms with Gasteiger partial charge in [-0.15, -0.1) is 11.3 Å². The highest BCUT2D eigenvalue weighted by Gasteiger charge is 2.22. The van der Waals surface area contributed by atoms with E-state index in [1.54, 1.807) is 5.38 Å². The molecule has 2 heterocycles. The van der Waals surface area contributed by atoms with Crippen LogP contribution in [0.25, 0.3) is 0 Å². The van der Waals surface area contributed by atoms with Crippen molar-refractivity contribution in [2.75, 3.05) is 25.9 Å². The van der Waals surface area contributed by atoms with Crippen LogP contribution in [0.4, 0.5) is 5.13 Å². The molecule has 5 nitrogen and oxygen atoms in total. The van der Waals surface area contributed by atoms with E-state index in [4.69, 9.17) is 5.73 Å². The summed E-state index contributed by atoms with van der Waals surface area (Å²) >= 11 is 1.29. The van der Waals surface area contributed by atoms with Crippen molar-refractivity contribution in [3.05, 3.63) is 11.1 Å². The van der Waals surface area contributed by atoms with Gasteiger partial charge in [0, 0.05) is 18.0 Å². The first-order valence-electron chi connectivity index (χ1n) is 4.85. The fraction of sp³-hybridized carbons (Fsp3) is 0.556. The van der Waals surface area contributed by atoms with Crippen molar-refractivity contribution >= 4 is 22.4 Å². The van der Waals surface area contributed by atoms with Gasteiger partial charge in [-0.3, -0.25) is 4.79 Å². The number of nitrogens with two attached hydrogens (primary N) is 1. The molecule has 1 aliphatic rings. The van der Waals surface area contributed by atoms with Crippen LogP contribution < -0.4 is 11.1 Å². The lowest BCUT2D eigenvalue weighted by atomic mass is 10.2. The number of carbonyl (C=O) groups excluding carboxylic acids is 1. The van der Waals surface area contributed by atoms with Gasteiger partial charge in [0.15, 0.2) is 5.13 Å². The Labute approximate surface area is 92.3 Å². The normalized spacial score (nSPS) is 21.8. The fourth-order valence-electron chi connectivity index (χ4n) is 1.70. The second kappa shape index (κ2) is 4.16. The van der Waals surface area contributed by atoms with Crippen molar-refractivity contribution in [1.82, 2.24) is 15.2 Å². The minimum atomic E-state index is -0.122. The van der Waals surface area contributed by atoms with E-state index in [1.807, 2.05) is 7.05 Å². The Morgan fingerprint density at radius 1 is 1.80 bits per heavy atom. The molecule has 1 fully saturated rings. The molecule has 1 aromatic heterocycles. The van der Waals surface area contributed by atoms with Crippen molar-refractivity contribution in [3.8, 4) is 0 Å². The number of nitrogens with one attached hydrogen (secondary N) is 1. The van der Waals surface area contributed by atoms with Crippen LogP contribution in [0.2, 0.25) is 0 Å². The lowest BCUT2D eigenvalue weighted by Crippen LogP contribution is -2.36. The van der Waals surface area contributed by atoms with Crippen LogP contribution in [-0.4, -0.2) is 42.0 Å². The molecule has 1 unspecified atom stereocenters. The van der Waals surface area contributed by atoms with Gasteiger partial charge in [0.2, 0.25) is 0 Å². The monoisotopic (exact) mass is 226 g/mol. The van der Waals surface area contributed by atoms with Gasteiger partial charge in [0.25, 0.3) is 5.91 Å². The van der Waals surface area contributed by atoms with Crippen LogP contribution in [0.5, 0.6) is 0 Å². The molecule has 1 amide bonds. The Morgan fingerprint density at radius 2 is 2.60 bits per heavy atom. The average molecular weight is 226 g/mol. The summed E-state index contributed by atoms with van der Waals surface area (Å²) in [6.45, 7) is 1.94. The maximum Gasteiger partial charge on any atom is 0.271 e. The molecular formula is C9H14N4OS. The zero-order valence-corrected chi connectivity index (χ0v) is 9.38. The third kappa shape index (κ3) is 2.45. The Bertz CT molecular complexity index is 365. The zero-order chi connectivity index (χ0) is 10.8. The van der Waals surface area contributed by atoms with Crippen LogP contribution >= 0.6 is 11.3 Å². The first-order valence-corrected chi connectivity index (χ1v) is 5.73. The van der Waals surface area contributed by atoms with Gasteiger partial charge in [-0.25, -0.2) is 4.98 Å². The number of hydrogen-bond acceptors (Lipinski definition) is 5. The molecule has 0 radical (unpaired) electrons. The van der Waals surface area contributed by atoms with Gasteiger partial charge in [0.05, 0.1) is 0 Å². The minimum absolute atomic E-state index is 0.122. The molecule has 1 atom stereocenters. The molecule has 6 heteroatoms. The van der Waals surface area contributed by atoms with Crippen molar-refractivity contribution in [2.45, 2.75) is 12.5 Å². The molecular weight excluding hydrogens is 212 g/mol. The summed E-state index contributed by atoms with van der Waals surface area (Å²) in [7, 11) is 2.05. The SMILES string of the molecule is CN1CCC(NC(=O)c2csc(N)n2)C1. The number of carbonyl (C=O) groups is 1. The number of nitrogens with zero attached hydrogens (tertiary/aromatic N) is 2. The lowest BCUT2D eigenvalue weighted by molar-refractivity contribution is 0.0934. The van der Waals surface area contributed by atoms with Crippen LogP contribution in [-0.2, 0) is 0 Å². The lowest BCUT2D eigenvalue weighted by Gasteiger charge is -2.11. The van der Waals surface area contributed by atoms with Crippen LogP contribution in [0.15, 0.2) is 5.38 Å². The predicted octanol–water partition coefficient (Wildman–Crippen LogP) is 0.159. The van der Waals surface area contributed by atoms with Crippen LogP contribution in [0, 0.1) is 0 Å². The van der Waals surface area contributed by atoms with Crippen LogP contribution in [0.3, 0.4) is 0 Å². The highest BCUT2D eigenvalue weighted by Crippen LogP contribution is 2.12. The maximum absolute atomic E-state index is 11.7. The van der Waals surface area contributed by atoms with Gasteiger partial charge < -0.3 is 16.0 Å². The zero-order valence-electron chi connectivity index (χ0n) is 8.56. The Hall–Kier alpha value is -1.14. The van der Waals surface area contributed by atoms with E-state index in [2.05, 4.69) is 15.2 Å². The smallest absolute Gasteiger partial charge is 0.271 e. The molecule has 0 spiro atoms. The molecule has 0 bridgehead atoms. The second-order valence-electron chi connectivity index (χ2n) is 3.79. The molecule has 0 aliphatic carbocycles. The van der Waals surface area contributed by atoms with E-state index in [-0.39, 0.29) is 11.9 Å². The summed E-state index contributed by atoms with van der Waals surface area (Å²) in [6.07, 6.45) is 1.00. The average Bonchev–Trinajstić information content (AvgIpc) is 2.75. The van der Waals surface area contributed by atoms with Crippen molar-refractivity contribution in [2.24, 2.45) is 0 Å². The minimum Gasteiger partial charge on any atom is -0.375 e. The quantitative estimate of drug-likeness (QED) is 0.753. The first kappa shape index (κ1) is 10.4. The molecule has 1 aliphatic heterocycles. The molecule has 1 aromatic rings. The van der Waals surface area contributed by atoms with E-state index < -0.39 is 0 Å². The fourth-order valence-corrected chi connectivity index (χ4v) is 2.25. The van der Waals surface area contributed by atoms with Crippen molar-refractivity contribution < 1.29 is 4.79 Å². The highest BCUT2D eigenvalue weighted by atomic mass is 32.1.